The summed E-state index contributed by atoms with van der Waals surface area (Å²) in [5.74, 6) is 1.08. The standard InChI is InChI=1S/C20H20N2OS/c1-12(2)18-21-14-10-9-13(11-16(14)23-18)20(3,4)19-22-15-7-5-6-8-17(15)24-19/h5-12H,1-4H3. The van der Waals surface area contributed by atoms with E-state index in [1.54, 1.807) is 11.3 Å². The number of aromatic nitrogens is 2. The van der Waals surface area contributed by atoms with Gasteiger partial charge in [0.2, 0.25) is 0 Å². The highest BCUT2D eigenvalue weighted by Crippen LogP contribution is 2.37. The van der Waals surface area contributed by atoms with E-state index >= 15 is 0 Å². The normalized spacial score (nSPS) is 12.5. The average Bonchev–Trinajstić information content (AvgIpc) is 3.18. The summed E-state index contributed by atoms with van der Waals surface area (Å²) in [5, 5.41) is 1.12. The predicted octanol–water partition coefficient (Wildman–Crippen LogP) is 5.89. The van der Waals surface area contributed by atoms with Crippen LogP contribution >= 0.6 is 11.3 Å². The molecule has 24 heavy (non-hydrogen) atoms. The first-order valence-electron chi connectivity index (χ1n) is 8.22. The molecule has 0 saturated carbocycles. The Hall–Kier alpha value is -2.20. The van der Waals surface area contributed by atoms with Gasteiger partial charge in [0.25, 0.3) is 0 Å². The van der Waals surface area contributed by atoms with Gasteiger partial charge in [0.05, 0.1) is 10.2 Å². The van der Waals surface area contributed by atoms with Crippen molar-refractivity contribution in [1.29, 1.82) is 0 Å². The zero-order valence-electron chi connectivity index (χ0n) is 14.3. The summed E-state index contributed by atoms with van der Waals surface area (Å²) in [4.78, 5) is 9.41. The molecule has 0 spiro atoms. The molecule has 0 radical (unpaired) electrons. The topological polar surface area (TPSA) is 38.9 Å². The Bertz CT molecular complexity index is 993. The van der Waals surface area contributed by atoms with Crippen molar-refractivity contribution >= 4 is 32.7 Å². The molecule has 0 aliphatic heterocycles. The van der Waals surface area contributed by atoms with Crippen LogP contribution in [0.1, 0.15) is 50.1 Å². The van der Waals surface area contributed by atoms with Crippen molar-refractivity contribution in [2.75, 3.05) is 0 Å². The van der Waals surface area contributed by atoms with Crippen molar-refractivity contribution in [2.24, 2.45) is 0 Å². The van der Waals surface area contributed by atoms with Gasteiger partial charge in [0, 0.05) is 11.3 Å². The first-order valence-corrected chi connectivity index (χ1v) is 9.04. The van der Waals surface area contributed by atoms with Crippen LogP contribution in [0, 0.1) is 0 Å². The lowest BCUT2D eigenvalue weighted by molar-refractivity contribution is 0.500. The van der Waals surface area contributed by atoms with Gasteiger partial charge >= 0.3 is 0 Å². The molecule has 122 valence electrons. The number of rotatable bonds is 3. The van der Waals surface area contributed by atoms with Gasteiger partial charge in [-0.05, 0) is 43.7 Å². The number of nitrogens with zero attached hydrogens (tertiary/aromatic N) is 2. The van der Waals surface area contributed by atoms with Gasteiger partial charge in [-0.1, -0.05) is 32.0 Å². The Balaban J connectivity index is 1.81. The minimum absolute atomic E-state index is 0.178. The number of para-hydroxylation sites is 1. The lowest BCUT2D eigenvalue weighted by atomic mass is 9.85. The van der Waals surface area contributed by atoms with Gasteiger partial charge in [-0.25, -0.2) is 9.97 Å². The Labute approximate surface area is 145 Å². The maximum Gasteiger partial charge on any atom is 0.198 e. The lowest BCUT2D eigenvalue weighted by Gasteiger charge is -2.22. The zero-order valence-corrected chi connectivity index (χ0v) is 15.1. The van der Waals surface area contributed by atoms with Crippen LogP contribution in [0.2, 0.25) is 0 Å². The van der Waals surface area contributed by atoms with Crippen LogP contribution in [-0.2, 0) is 5.41 Å². The molecule has 2 heterocycles. The monoisotopic (exact) mass is 336 g/mol. The largest absolute Gasteiger partial charge is 0.440 e. The van der Waals surface area contributed by atoms with E-state index < -0.39 is 0 Å². The Morgan fingerprint density at radius 1 is 1.00 bits per heavy atom. The fourth-order valence-corrected chi connectivity index (χ4v) is 3.93. The molecular weight excluding hydrogens is 316 g/mol. The molecular formula is C20H20N2OS. The first kappa shape index (κ1) is 15.3. The molecule has 0 bridgehead atoms. The fraction of sp³-hybridized carbons (Fsp3) is 0.300. The second-order valence-electron chi connectivity index (χ2n) is 7.00. The van der Waals surface area contributed by atoms with Gasteiger partial charge in [-0.3, -0.25) is 0 Å². The number of oxazole rings is 1. The van der Waals surface area contributed by atoms with Gasteiger partial charge in [0.15, 0.2) is 11.5 Å². The summed E-state index contributed by atoms with van der Waals surface area (Å²) in [6.07, 6.45) is 0. The van der Waals surface area contributed by atoms with E-state index in [-0.39, 0.29) is 11.3 Å². The van der Waals surface area contributed by atoms with E-state index in [2.05, 4.69) is 69.1 Å². The van der Waals surface area contributed by atoms with Crippen molar-refractivity contribution < 1.29 is 4.42 Å². The molecule has 0 amide bonds. The molecule has 3 nitrogen and oxygen atoms in total. The summed E-state index contributed by atoms with van der Waals surface area (Å²) in [6.45, 7) is 8.62. The summed E-state index contributed by atoms with van der Waals surface area (Å²) in [6, 6.07) is 14.6. The number of thiazole rings is 1. The van der Waals surface area contributed by atoms with Crippen molar-refractivity contribution in [2.45, 2.75) is 39.0 Å². The van der Waals surface area contributed by atoms with Gasteiger partial charge in [-0.15, -0.1) is 11.3 Å². The highest BCUT2D eigenvalue weighted by molar-refractivity contribution is 7.18. The van der Waals surface area contributed by atoms with E-state index in [1.807, 2.05) is 6.07 Å². The second kappa shape index (κ2) is 5.42. The summed E-state index contributed by atoms with van der Waals surface area (Å²) in [5.41, 5.74) is 3.85. The van der Waals surface area contributed by atoms with Gasteiger partial charge in [-0.2, -0.15) is 0 Å². The Morgan fingerprint density at radius 3 is 2.54 bits per heavy atom. The molecule has 0 saturated heterocycles. The Morgan fingerprint density at radius 2 is 1.79 bits per heavy atom. The number of benzene rings is 2. The van der Waals surface area contributed by atoms with Crippen molar-refractivity contribution in [1.82, 2.24) is 9.97 Å². The molecule has 4 aromatic rings. The van der Waals surface area contributed by atoms with E-state index in [0.717, 1.165) is 27.5 Å². The molecule has 2 aromatic carbocycles. The third-order valence-corrected chi connectivity index (χ3v) is 5.81. The van der Waals surface area contributed by atoms with E-state index in [0.29, 0.717) is 0 Å². The van der Waals surface area contributed by atoms with Gasteiger partial charge in [0.1, 0.15) is 10.5 Å². The van der Waals surface area contributed by atoms with E-state index in [1.165, 1.54) is 10.3 Å². The third-order valence-electron chi connectivity index (χ3n) is 4.45. The van der Waals surface area contributed by atoms with Crippen molar-refractivity contribution in [3.63, 3.8) is 0 Å². The maximum atomic E-state index is 5.93. The van der Waals surface area contributed by atoms with Crippen LogP contribution in [0.4, 0.5) is 0 Å². The smallest absolute Gasteiger partial charge is 0.198 e. The molecule has 0 N–H and O–H groups in total. The van der Waals surface area contributed by atoms with Crippen LogP contribution in [0.15, 0.2) is 46.9 Å². The minimum atomic E-state index is -0.178. The van der Waals surface area contributed by atoms with Crippen molar-refractivity contribution in [3.8, 4) is 0 Å². The number of hydrogen-bond acceptors (Lipinski definition) is 4. The zero-order chi connectivity index (χ0) is 16.9. The van der Waals surface area contributed by atoms with Crippen LogP contribution in [0.5, 0.6) is 0 Å². The van der Waals surface area contributed by atoms with Crippen molar-refractivity contribution in [3.05, 3.63) is 58.9 Å². The van der Waals surface area contributed by atoms with Crippen LogP contribution in [0.3, 0.4) is 0 Å². The van der Waals surface area contributed by atoms with E-state index in [9.17, 15) is 0 Å². The maximum absolute atomic E-state index is 5.93. The molecule has 0 unspecified atom stereocenters. The molecule has 0 aliphatic rings. The highest BCUT2D eigenvalue weighted by atomic mass is 32.1. The Kier molecular flexibility index (Phi) is 3.46. The fourth-order valence-electron chi connectivity index (χ4n) is 2.84. The third kappa shape index (κ3) is 2.42. The summed E-state index contributed by atoms with van der Waals surface area (Å²) in [7, 11) is 0. The van der Waals surface area contributed by atoms with Crippen LogP contribution in [0.25, 0.3) is 21.3 Å². The molecule has 2 aromatic heterocycles. The lowest BCUT2D eigenvalue weighted by Crippen LogP contribution is -2.18. The summed E-state index contributed by atoms with van der Waals surface area (Å²) < 4.78 is 7.16. The molecule has 0 fully saturated rings. The molecule has 0 aliphatic carbocycles. The van der Waals surface area contributed by atoms with Crippen LogP contribution in [-0.4, -0.2) is 9.97 Å². The predicted molar refractivity (Wildman–Crippen MR) is 99.8 cm³/mol. The molecule has 4 rings (SSSR count). The summed E-state index contributed by atoms with van der Waals surface area (Å²) >= 11 is 1.76. The van der Waals surface area contributed by atoms with Gasteiger partial charge < -0.3 is 4.42 Å². The highest BCUT2D eigenvalue weighted by Gasteiger charge is 2.28. The first-order chi connectivity index (χ1) is 11.4. The number of fused-ring (bicyclic) bond motifs is 2. The van der Waals surface area contributed by atoms with Crippen LogP contribution < -0.4 is 0 Å². The second-order valence-corrected chi connectivity index (χ2v) is 8.03. The SMILES string of the molecule is CC(C)c1nc2ccc(C(C)(C)c3nc4ccccc4s3)cc2o1. The average molecular weight is 336 g/mol. The van der Waals surface area contributed by atoms with E-state index in [4.69, 9.17) is 9.40 Å². The molecule has 0 atom stereocenters. The number of hydrogen-bond donors (Lipinski definition) is 0. The molecule has 4 heteroatoms. The minimum Gasteiger partial charge on any atom is -0.440 e. The quantitative estimate of drug-likeness (QED) is 0.468.